The number of pyridine rings is 1. The molecule has 0 spiro atoms. The third-order valence-electron chi connectivity index (χ3n) is 3.38. The van der Waals surface area contributed by atoms with Crippen molar-refractivity contribution in [1.29, 1.82) is 0 Å². The van der Waals surface area contributed by atoms with Gasteiger partial charge in [-0.3, -0.25) is 9.20 Å². The van der Waals surface area contributed by atoms with Crippen LogP contribution in [0.3, 0.4) is 0 Å². The highest BCUT2D eigenvalue weighted by atomic mass is 16.7. The molecule has 0 aliphatic heterocycles. The number of hydrogen-bond donors (Lipinski definition) is 1. The molecule has 0 saturated carbocycles. The van der Waals surface area contributed by atoms with Gasteiger partial charge in [0.05, 0.1) is 19.0 Å². The Morgan fingerprint density at radius 2 is 2.28 bits per heavy atom. The molecule has 8 heteroatoms. The van der Waals surface area contributed by atoms with Crippen LogP contribution >= 0.6 is 0 Å². The topological polar surface area (TPSA) is 98.2 Å². The van der Waals surface area contributed by atoms with Gasteiger partial charge in [0.2, 0.25) is 0 Å². The molecule has 0 saturated heterocycles. The van der Waals surface area contributed by atoms with Crippen molar-refractivity contribution in [3.8, 4) is 0 Å². The van der Waals surface area contributed by atoms with Crippen molar-refractivity contribution in [2.75, 3.05) is 5.32 Å². The normalized spacial score (nSPS) is 11.1. The Bertz CT molecular complexity index is 990. The number of aryl methyl sites for hydroxylation is 1. The highest BCUT2D eigenvalue weighted by Crippen LogP contribution is 2.12. The lowest BCUT2D eigenvalue weighted by molar-refractivity contribution is -0.140. The molecule has 0 bridgehead atoms. The summed E-state index contributed by atoms with van der Waals surface area (Å²) in [5.74, 6) is 0.431. The number of anilines is 1. The van der Waals surface area contributed by atoms with E-state index in [0.29, 0.717) is 23.8 Å². The quantitative estimate of drug-likeness (QED) is 0.434. The number of aromatic nitrogens is 2. The highest BCUT2D eigenvalue weighted by Gasteiger charge is 2.12. The number of nitrogens with zero attached hydrogens (tertiary/aromatic N) is 3. The van der Waals surface area contributed by atoms with E-state index in [1.807, 2.05) is 13.0 Å². The number of fused-ring (bicyclic) bond motifs is 1. The maximum atomic E-state index is 12.8. The van der Waals surface area contributed by atoms with Gasteiger partial charge >= 0.3 is 5.97 Å². The molecule has 3 aromatic rings. The fourth-order valence-electron chi connectivity index (χ4n) is 2.25. The van der Waals surface area contributed by atoms with Crippen LogP contribution < -0.4 is 10.9 Å². The number of rotatable bonds is 5. The Labute approximate surface area is 142 Å². The minimum atomic E-state index is -0.578. The van der Waals surface area contributed by atoms with Crippen molar-refractivity contribution in [3.05, 3.63) is 64.0 Å². The van der Waals surface area contributed by atoms with Gasteiger partial charge in [0, 0.05) is 13.1 Å². The molecule has 25 heavy (non-hydrogen) atoms. The Balaban J connectivity index is 2.04. The summed E-state index contributed by atoms with van der Waals surface area (Å²) in [5, 5.41) is 6.60. The van der Waals surface area contributed by atoms with E-state index in [2.05, 4.69) is 20.3 Å². The Kier molecular flexibility index (Phi) is 4.60. The number of oxime groups is 1. The second-order valence-electron chi connectivity index (χ2n) is 5.36. The minimum Gasteiger partial charge on any atom is -0.467 e. The molecule has 0 aliphatic carbocycles. The van der Waals surface area contributed by atoms with Crippen LogP contribution in [0.1, 0.15) is 23.8 Å². The van der Waals surface area contributed by atoms with Crippen LogP contribution in [0.25, 0.3) is 5.65 Å². The molecular formula is C17H16N4O4. The Morgan fingerprint density at radius 1 is 1.44 bits per heavy atom. The third kappa shape index (κ3) is 3.74. The number of carbonyl (C=O) groups excluding carboxylic acids is 1. The average molecular weight is 340 g/mol. The van der Waals surface area contributed by atoms with Crippen molar-refractivity contribution in [2.45, 2.75) is 20.4 Å². The van der Waals surface area contributed by atoms with Crippen LogP contribution in [-0.2, 0) is 16.2 Å². The van der Waals surface area contributed by atoms with E-state index in [4.69, 9.17) is 4.42 Å². The molecule has 0 unspecified atom stereocenters. The van der Waals surface area contributed by atoms with Crippen LogP contribution in [-0.4, -0.2) is 21.6 Å². The predicted molar refractivity (Wildman–Crippen MR) is 91.6 cm³/mol. The zero-order chi connectivity index (χ0) is 17.8. The fourth-order valence-corrected chi connectivity index (χ4v) is 2.25. The summed E-state index contributed by atoms with van der Waals surface area (Å²) < 4.78 is 6.68. The zero-order valence-electron chi connectivity index (χ0n) is 13.7. The summed E-state index contributed by atoms with van der Waals surface area (Å²) >= 11 is 0. The summed E-state index contributed by atoms with van der Waals surface area (Å²) in [6, 6.07) is 7.19. The molecule has 0 aromatic carbocycles. The van der Waals surface area contributed by atoms with E-state index in [-0.39, 0.29) is 11.1 Å². The first-order valence-corrected chi connectivity index (χ1v) is 7.55. The van der Waals surface area contributed by atoms with Gasteiger partial charge < -0.3 is 14.6 Å². The first-order valence-electron chi connectivity index (χ1n) is 7.55. The number of hydrogen-bond acceptors (Lipinski definition) is 7. The van der Waals surface area contributed by atoms with Gasteiger partial charge in [-0.05, 0) is 30.7 Å². The molecule has 1 N–H and O–H groups in total. The van der Waals surface area contributed by atoms with Crippen molar-refractivity contribution >= 4 is 23.6 Å². The lowest BCUT2D eigenvalue weighted by atomic mass is 10.2. The van der Waals surface area contributed by atoms with Crippen molar-refractivity contribution in [1.82, 2.24) is 9.38 Å². The summed E-state index contributed by atoms with van der Waals surface area (Å²) in [6.45, 7) is 3.44. The maximum Gasteiger partial charge on any atom is 0.331 e. The second kappa shape index (κ2) is 7.00. The molecular weight excluding hydrogens is 324 g/mol. The SMILES string of the molecule is CC(=O)ON=Cc1c(NCc2ccco2)nc2ccc(C)cn2c1=O. The van der Waals surface area contributed by atoms with E-state index in [1.165, 1.54) is 17.5 Å². The Hall–Kier alpha value is -3.42. The first kappa shape index (κ1) is 16.4. The van der Waals surface area contributed by atoms with Crippen molar-refractivity contribution < 1.29 is 14.0 Å². The largest absolute Gasteiger partial charge is 0.467 e. The standard InChI is InChI=1S/C17H16N4O4/c1-11-5-6-15-20-16(18-8-13-4-3-7-24-13)14(9-19-25-12(2)22)17(23)21(15)10-11/h3-7,9-10,18H,8H2,1-2H3. The number of furan rings is 1. The molecule has 0 atom stereocenters. The average Bonchev–Trinajstić information content (AvgIpc) is 3.09. The van der Waals surface area contributed by atoms with Crippen LogP contribution in [0.5, 0.6) is 0 Å². The maximum absolute atomic E-state index is 12.8. The molecule has 3 heterocycles. The molecule has 0 radical (unpaired) electrons. The van der Waals surface area contributed by atoms with Crippen LogP contribution in [0.2, 0.25) is 0 Å². The van der Waals surface area contributed by atoms with Gasteiger partial charge in [0.1, 0.15) is 22.8 Å². The van der Waals surface area contributed by atoms with Gasteiger partial charge in [-0.15, -0.1) is 0 Å². The van der Waals surface area contributed by atoms with Crippen LogP contribution in [0.4, 0.5) is 5.82 Å². The van der Waals surface area contributed by atoms with Gasteiger partial charge in [0.25, 0.3) is 5.56 Å². The summed E-state index contributed by atoms with van der Waals surface area (Å²) in [5.41, 5.74) is 1.25. The fraction of sp³-hybridized carbons (Fsp3) is 0.176. The third-order valence-corrected chi connectivity index (χ3v) is 3.38. The lowest BCUT2D eigenvalue weighted by Gasteiger charge is -2.10. The van der Waals surface area contributed by atoms with E-state index in [9.17, 15) is 9.59 Å². The van der Waals surface area contributed by atoms with Gasteiger partial charge in [-0.1, -0.05) is 11.2 Å². The molecule has 128 valence electrons. The van der Waals surface area contributed by atoms with Crippen LogP contribution in [0, 0.1) is 6.92 Å². The predicted octanol–water partition coefficient (Wildman–Crippen LogP) is 2.11. The molecule has 3 rings (SSSR count). The number of nitrogens with one attached hydrogen (secondary N) is 1. The van der Waals surface area contributed by atoms with E-state index in [0.717, 1.165) is 5.56 Å². The molecule has 0 amide bonds. The lowest BCUT2D eigenvalue weighted by Crippen LogP contribution is -2.22. The zero-order valence-corrected chi connectivity index (χ0v) is 13.7. The smallest absolute Gasteiger partial charge is 0.331 e. The van der Waals surface area contributed by atoms with Gasteiger partial charge in [-0.2, -0.15) is 0 Å². The molecule has 0 fully saturated rings. The molecule has 8 nitrogen and oxygen atoms in total. The van der Waals surface area contributed by atoms with Crippen molar-refractivity contribution in [3.63, 3.8) is 0 Å². The summed E-state index contributed by atoms with van der Waals surface area (Å²) in [4.78, 5) is 32.6. The van der Waals surface area contributed by atoms with Gasteiger partial charge in [0.15, 0.2) is 0 Å². The van der Waals surface area contributed by atoms with Crippen molar-refractivity contribution in [2.24, 2.45) is 5.16 Å². The summed E-state index contributed by atoms with van der Waals surface area (Å²) in [7, 11) is 0. The van der Waals surface area contributed by atoms with Crippen LogP contribution in [0.15, 0.2) is 51.1 Å². The van der Waals surface area contributed by atoms with E-state index >= 15 is 0 Å². The Morgan fingerprint density at radius 3 is 3.00 bits per heavy atom. The first-order chi connectivity index (χ1) is 12.0. The van der Waals surface area contributed by atoms with E-state index < -0.39 is 5.97 Å². The highest BCUT2D eigenvalue weighted by molar-refractivity contribution is 5.86. The molecule has 0 aliphatic rings. The molecule has 3 aromatic heterocycles. The summed E-state index contributed by atoms with van der Waals surface area (Å²) in [6.07, 6.45) is 4.42. The second-order valence-corrected chi connectivity index (χ2v) is 5.36. The minimum absolute atomic E-state index is 0.177. The van der Waals surface area contributed by atoms with E-state index in [1.54, 1.807) is 30.7 Å². The monoisotopic (exact) mass is 340 g/mol. The van der Waals surface area contributed by atoms with Gasteiger partial charge in [-0.25, -0.2) is 9.78 Å². The number of carbonyl (C=O) groups is 1.